The Morgan fingerprint density at radius 3 is 3.00 bits per heavy atom. The van der Waals surface area contributed by atoms with Gasteiger partial charge in [0, 0.05) is 10.2 Å². The van der Waals surface area contributed by atoms with Gasteiger partial charge in [-0.25, -0.2) is 0 Å². The topological polar surface area (TPSA) is 78.9 Å². The van der Waals surface area contributed by atoms with Crippen molar-refractivity contribution in [2.75, 3.05) is 12.3 Å². The second kappa shape index (κ2) is 4.63. The number of nitrogen functional groups attached to an aromatic ring is 1. The van der Waals surface area contributed by atoms with Gasteiger partial charge in [0.15, 0.2) is 0 Å². The Labute approximate surface area is 89.8 Å². The van der Waals surface area contributed by atoms with Gasteiger partial charge in [-0.3, -0.25) is 4.79 Å². The molecule has 1 rings (SSSR count). The normalized spacial score (nSPS) is 9.14. The molecule has 72 valence electrons. The third-order valence-corrected chi connectivity index (χ3v) is 2.25. The van der Waals surface area contributed by atoms with Crippen molar-refractivity contribution < 1.29 is 4.79 Å². The minimum atomic E-state index is -0.314. The monoisotopic (exact) mass is 253 g/mol. The molecule has 0 saturated carbocycles. The van der Waals surface area contributed by atoms with E-state index in [1.807, 2.05) is 6.07 Å². The third kappa shape index (κ3) is 2.47. The van der Waals surface area contributed by atoms with Crippen LogP contribution in [-0.4, -0.2) is 12.5 Å². The largest absolute Gasteiger partial charge is 0.399 e. The van der Waals surface area contributed by atoms with Crippen LogP contribution >= 0.6 is 15.9 Å². The molecule has 0 saturated heterocycles. The first-order valence-electron chi connectivity index (χ1n) is 3.85. The number of nitrogens with one attached hydrogen (secondary N) is 1. The second-order valence-corrected chi connectivity index (χ2v) is 3.43. The highest BCUT2D eigenvalue weighted by Gasteiger charge is 2.08. The molecule has 1 aromatic carbocycles. The predicted octanol–water partition coefficient (Wildman–Crippen LogP) is 1.28. The number of hydrogen-bond acceptors (Lipinski definition) is 3. The zero-order valence-corrected chi connectivity index (χ0v) is 8.84. The number of amides is 1. The molecule has 0 aliphatic carbocycles. The molecule has 5 heteroatoms. The molecule has 0 aliphatic rings. The number of benzene rings is 1. The van der Waals surface area contributed by atoms with E-state index < -0.39 is 0 Å². The zero-order chi connectivity index (χ0) is 10.6. The van der Waals surface area contributed by atoms with Crippen molar-refractivity contribution in [1.82, 2.24) is 5.32 Å². The standard InChI is InChI=1S/C9H8BrN3O/c10-8-2-1-6(12)5-7(8)9(14)13-4-3-11/h1-2,5H,4,12H2,(H,13,14). The lowest BCUT2D eigenvalue weighted by Gasteiger charge is -2.04. The maximum absolute atomic E-state index is 11.4. The molecular formula is C9H8BrN3O. The van der Waals surface area contributed by atoms with Gasteiger partial charge in [-0.05, 0) is 34.1 Å². The number of carbonyl (C=O) groups excluding carboxylic acids is 1. The number of halogens is 1. The van der Waals surface area contributed by atoms with E-state index in [1.54, 1.807) is 18.2 Å². The van der Waals surface area contributed by atoms with Crippen LogP contribution < -0.4 is 11.1 Å². The summed E-state index contributed by atoms with van der Waals surface area (Å²) in [5.41, 5.74) is 6.47. The maximum atomic E-state index is 11.4. The molecule has 0 fully saturated rings. The van der Waals surface area contributed by atoms with Gasteiger partial charge in [0.2, 0.25) is 0 Å². The Hall–Kier alpha value is -1.54. The van der Waals surface area contributed by atoms with Crippen LogP contribution in [0.25, 0.3) is 0 Å². The van der Waals surface area contributed by atoms with Crippen LogP contribution in [0.4, 0.5) is 5.69 Å². The van der Waals surface area contributed by atoms with Crippen LogP contribution in [0, 0.1) is 11.3 Å². The fraction of sp³-hybridized carbons (Fsp3) is 0.111. The van der Waals surface area contributed by atoms with Crippen molar-refractivity contribution in [2.45, 2.75) is 0 Å². The first kappa shape index (κ1) is 10.5. The minimum Gasteiger partial charge on any atom is -0.399 e. The fourth-order valence-electron chi connectivity index (χ4n) is 0.932. The summed E-state index contributed by atoms with van der Waals surface area (Å²) in [6.45, 7) is -0.0138. The summed E-state index contributed by atoms with van der Waals surface area (Å²) < 4.78 is 0.655. The molecule has 0 bridgehead atoms. The molecule has 0 aliphatic heterocycles. The van der Waals surface area contributed by atoms with Gasteiger partial charge in [-0.1, -0.05) is 0 Å². The average Bonchev–Trinajstić information content (AvgIpc) is 2.18. The number of nitrogens with two attached hydrogens (primary N) is 1. The second-order valence-electron chi connectivity index (χ2n) is 2.58. The molecule has 0 atom stereocenters. The molecule has 0 heterocycles. The Balaban J connectivity index is 2.90. The van der Waals surface area contributed by atoms with E-state index in [9.17, 15) is 4.79 Å². The number of rotatable bonds is 2. The molecule has 0 aromatic heterocycles. The summed E-state index contributed by atoms with van der Waals surface area (Å²) in [6, 6.07) is 6.75. The van der Waals surface area contributed by atoms with E-state index in [4.69, 9.17) is 11.0 Å². The Bertz CT molecular complexity index is 398. The summed E-state index contributed by atoms with van der Waals surface area (Å²) in [7, 11) is 0. The first-order valence-corrected chi connectivity index (χ1v) is 4.64. The molecule has 0 spiro atoms. The number of hydrogen-bond donors (Lipinski definition) is 2. The Morgan fingerprint density at radius 2 is 2.36 bits per heavy atom. The summed E-state index contributed by atoms with van der Waals surface area (Å²) in [6.07, 6.45) is 0. The van der Waals surface area contributed by atoms with E-state index in [1.165, 1.54) is 0 Å². The van der Waals surface area contributed by atoms with E-state index in [0.29, 0.717) is 15.7 Å². The van der Waals surface area contributed by atoms with Gasteiger partial charge in [0.05, 0.1) is 11.6 Å². The van der Waals surface area contributed by atoms with Crippen LogP contribution in [0.1, 0.15) is 10.4 Å². The van der Waals surface area contributed by atoms with E-state index in [2.05, 4.69) is 21.2 Å². The van der Waals surface area contributed by atoms with E-state index in [0.717, 1.165) is 0 Å². The first-order chi connectivity index (χ1) is 6.65. The van der Waals surface area contributed by atoms with Gasteiger partial charge in [0.25, 0.3) is 5.91 Å². The van der Waals surface area contributed by atoms with Crippen molar-refractivity contribution in [3.8, 4) is 6.07 Å². The number of anilines is 1. The van der Waals surface area contributed by atoms with Gasteiger partial charge in [-0.15, -0.1) is 0 Å². The molecule has 14 heavy (non-hydrogen) atoms. The van der Waals surface area contributed by atoms with Crippen molar-refractivity contribution >= 4 is 27.5 Å². The van der Waals surface area contributed by atoms with Crippen LogP contribution in [0.3, 0.4) is 0 Å². The lowest BCUT2D eigenvalue weighted by Crippen LogP contribution is -2.23. The van der Waals surface area contributed by atoms with Crippen molar-refractivity contribution in [3.63, 3.8) is 0 Å². The van der Waals surface area contributed by atoms with Gasteiger partial charge >= 0.3 is 0 Å². The van der Waals surface area contributed by atoms with Gasteiger partial charge < -0.3 is 11.1 Å². The van der Waals surface area contributed by atoms with Gasteiger partial charge in [0.1, 0.15) is 6.54 Å². The van der Waals surface area contributed by atoms with Gasteiger partial charge in [-0.2, -0.15) is 5.26 Å². The smallest absolute Gasteiger partial charge is 0.253 e. The number of nitriles is 1. The molecule has 1 aromatic rings. The molecule has 1 amide bonds. The molecule has 3 N–H and O–H groups in total. The fourth-order valence-corrected chi connectivity index (χ4v) is 1.36. The average molecular weight is 254 g/mol. The number of carbonyl (C=O) groups is 1. The number of nitrogens with zero attached hydrogens (tertiary/aromatic N) is 1. The SMILES string of the molecule is N#CCNC(=O)c1cc(N)ccc1Br. The van der Waals surface area contributed by atoms with Crippen LogP contribution in [-0.2, 0) is 0 Å². The molecule has 4 nitrogen and oxygen atoms in total. The van der Waals surface area contributed by atoms with Crippen molar-refractivity contribution in [1.29, 1.82) is 5.26 Å². The highest BCUT2D eigenvalue weighted by atomic mass is 79.9. The Morgan fingerprint density at radius 1 is 1.64 bits per heavy atom. The van der Waals surface area contributed by atoms with Crippen LogP contribution in [0.15, 0.2) is 22.7 Å². The zero-order valence-electron chi connectivity index (χ0n) is 7.25. The van der Waals surface area contributed by atoms with Crippen molar-refractivity contribution in [3.05, 3.63) is 28.2 Å². The lowest BCUT2D eigenvalue weighted by atomic mass is 10.2. The minimum absolute atomic E-state index is 0.0138. The Kier molecular flexibility index (Phi) is 3.48. The quantitative estimate of drug-likeness (QED) is 0.616. The molecule has 0 radical (unpaired) electrons. The van der Waals surface area contributed by atoms with Crippen LogP contribution in [0.5, 0.6) is 0 Å². The predicted molar refractivity (Wildman–Crippen MR) is 56.5 cm³/mol. The summed E-state index contributed by atoms with van der Waals surface area (Å²) in [4.78, 5) is 11.4. The highest BCUT2D eigenvalue weighted by Crippen LogP contribution is 2.19. The van der Waals surface area contributed by atoms with E-state index in [-0.39, 0.29) is 12.5 Å². The summed E-state index contributed by atoms with van der Waals surface area (Å²) in [5, 5.41) is 10.7. The third-order valence-electron chi connectivity index (χ3n) is 1.56. The highest BCUT2D eigenvalue weighted by molar-refractivity contribution is 9.10. The molecule has 0 unspecified atom stereocenters. The van der Waals surface area contributed by atoms with Crippen molar-refractivity contribution in [2.24, 2.45) is 0 Å². The van der Waals surface area contributed by atoms with E-state index >= 15 is 0 Å². The lowest BCUT2D eigenvalue weighted by molar-refractivity contribution is 0.0958. The maximum Gasteiger partial charge on any atom is 0.253 e. The summed E-state index contributed by atoms with van der Waals surface area (Å²) >= 11 is 3.22. The summed E-state index contributed by atoms with van der Waals surface area (Å²) in [5.74, 6) is -0.314. The molecular weight excluding hydrogens is 246 g/mol. The van der Waals surface area contributed by atoms with Crippen LogP contribution in [0.2, 0.25) is 0 Å².